The molecule has 0 atom stereocenters. The zero-order chi connectivity index (χ0) is 5.82. The SMILES string of the molecule is [CH]=Cc1c[c]ccc1. The van der Waals surface area contributed by atoms with Gasteiger partial charge in [0.25, 0.3) is 0 Å². The van der Waals surface area contributed by atoms with E-state index >= 15 is 0 Å². The maximum absolute atomic E-state index is 5.20. The summed E-state index contributed by atoms with van der Waals surface area (Å²) in [6.07, 6.45) is 1.55. The first-order chi connectivity index (χ1) is 3.93. The Bertz CT molecular complexity index is 163. The van der Waals surface area contributed by atoms with Crippen molar-refractivity contribution in [3.05, 3.63) is 42.5 Å². The highest BCUT2D eigenvalue weighted by Gasteiger charge is 1.76. The molecule has 0 aliphatic heterocycles. The molecule has 8 heavy (non-hydrogen) atoms. The van der Waals surface area contributed by atoms with Crippen molar-refractivity contribution in [2.24, 2.45) is 0 Å². The average Bonchev–Trinajstić information content (AvgIpc) is 1.90. The lowest BCUT2D eigenvalue weighted by Crippen LogP contribution is -1.64. The molecule has 0 aromatic heterocycles. The lowest BCUT2D eigenvalue weighted by molar-refractivity contribution is 1.65. The highest BCUT2D eigenvalue weighted by Crippen LogP contribution is 1.96. The minimum atomic E-state index is 1.01. The third-order valence-corrected chi connectivity index (χ3v) is 0.924. The van der Waals surface area contributed by atoms with Crippen molar-refractivity contribution in [2.45, 2.75) is 0 Å². The van der Waals surface area contributed by atoms with Crippen LogP contribution in [-0.4, -0.2) is 0 Å². The van der Waals surface area contributed by atoms with Gasteiger partial charge in [0.05, 0.1) is 0 Å². The van der Waals surface area contributed by atoms with E-state index in [-0.39, 0.29) is 0 Å². The summed E-state index contributed by atoms with van der Waals surface area (Å²) in [7, 11) is 0. The van der Waals surface area contributed by atoms with E-state index < -0.39 is 0 Å². The summed E-state index contributed by atoms with van der Waals surface area (Å²) in [5.74, 6) is 0. The summed E-state index contributed by atoms with van der Waals surface area (Å²) < 4.78 is 0. The molecule has 38 valence electrons. The maximum Gasteiger partial charge on any atom is -0.0178 e. The van der Waals surface area contributed by atoms with Gasteiger partial charge in [-0.2, -0.15) is 0 Å². The van der Waals surface area contributed by atoms with Gasteiger partial charge in [0.1, 0.15) is 0 Å². The molecule has 0 saturated heterocycles. The number of benzene rings is 1. The van der Waals surface area contributed by atoms with Gasteiger partial charge in [-0.05, 0) is 17.7 Å². The van der Waals surface area contributed by atoms with Crippen molar-refractivity contribution >= 4 is 6.08 Å². The molecule has 0 fully saturated rings. The minimum Gasteiger partial charge on any atom is -0.0617 e. The van der Waals surface area contributed by atoms with Crippen LogP contribution in [0, 0.1) is 12.6 Å². The lowest BCUT2D eigenvalue weighted by atomic mass is 10.2. The van der Waals surface area contributed by atoms with Gasteiger partial charge in [-0.3, -0.25) is 0 Å². The number of rotatable bonds is 1. The Morgan fingerprint density at radius 1 is 1.62 bits per heavy atom. The molecule has 0 heteroatoms. The molecule has 0 saturated carbocycles. The first-order valence-corrected chi connectivity index (χ1v) is 2.44. The zero-order valence-electron chi connectivity index (χ0n) is 4.46. The van der Waals surface area contributed by atoms with Crippen molar-refractivity contribution in [3.63, 3.8) is 0 Å². The average molecular weight is 102 g/mol. The van der Waals surface area contributed by atoms with E-state index in [9.17, 15) is 0 Å². The van der Waals surface area contributed by atoms with Crippen LogP contribution in [-0.2, 0) is 0 Å². The van der Waals surface area contributed by atoms with Crippen LogP contribution in [0.2, 0.25) is 0 Å². The summed E-state index contributed by atoms with van der Waals surface area (Å²) >= 11 is 0. The molecule has 0 heterocycles. The second kappa shape index (κ2) is 2.31. The standard InChI is InChI=1S/C8H6/c1-2-8-6-4-3-5-7-8/h1-4,6-7H. The van der Waals surface area contributed by atoms with E-state index in [1.165, 1.54) is 0 Å². The summed E-state index contributed by atoms with van der Waals surface area (Å²) in [6, 6.07) is 10.4. The first-order valence-electron chi connectivity index (χ1n) is 2.44. The Hall–Kier alpha value is -1.04. The van der Waals surface area contributed by atoms with Gasteiger partial charge in [-0.25, -0.2) is 0 Å². The Kier molecular flexibility index (Phi) is 1.48. The number of hydrogen-bond acceptors (Lipinski definition) is 0. The molecule has 0 unspecified atom stereocenters. The molecule has 0 N–H and O–H groups in total. The van der Waals surface area contributed by atoms with E-state index in [1.54, 1.807) is 6.08 Å². The predicted octanol–water partition coefficient (Wildman–Crippen LogP) is 1.93. The molecule has 0 aliphatic rings. The smallest absolute Gasteiger partial charge is 0.0178 e. The van der Waals surface area contributed by atoms with Crippen LogP contribution in [0.15, 0.2) is 24.3 Å². The molecule has 0 spiro atoms. The van der Waals surface area contributed by atoms with Crippen LogP contribution < -0.4 is 0 Å². The molecular weight excluding hydrogens is 96.1 g/mol. The Labute approximate surface area is 49.5 Å². The molecule has 0 aliphatic carbocycles. The molecule has 1 aromatic carbocycles. The summed E-state index contributed by atoms with van der Waals surface area (Å²) in [6.45, 7) is 5.20. The zero-order valence-corrected chi connectivity index (χ0v) is 4.46. The molecule has 1 aromatic rings. The maximum atomic E-state index is 5.20. The fraction of sp³-hybridized carbons (Fsp3) is 0. The Morgan fingerprint density at radius 2 is 2.50 bits per heavy atom. The quantitative estimate of drug-likeness (QED) is 0.508. The molecular formula is C8H6. The second-order valence-corrected chi connectivity index (χ2v) is 1.50. The van der Waals surface area contributed by atoms with Gasteiger partial charge >= 0.3 is 0 Å². The van der Waals surface area contributed by atoms with E-state index in [0.717, 1.165) is 5.56 Å². The molecule has 1 rings (SSSR count). The van der Waals surface area contributed by atoms with Crippen molar-refractivity contribution in [3.8, 4) is 0 Å². The van der Waals surface area contributed by atoms with E-state index in [4.69, 9.17) is 6.58 Å². The van der Waals surface area contributed by atoms with E-state index in [0.29, 0.717) is 0 Å². The van der Waals surface area contributed by atoms with Gasteiger partial charge in [-0.1, -0.05) is 30.9 Å². The topological polar surface area (TPSA) is 0 Å². The van der Waals surface area contributed by atoms with Crippen LogP contribution in [0.3, 0.4) is 0 Å². The Morgan fingerprint density at radius 3 is 2.88 bits per heavy atom. The fourth-order valence-corrected chi connectivity index (χ4v) is 0.511. The highest BCUT2D eigenvalue weighted by molar-refractivity contribution is 5.44. The van der Waals surface area contributed by atoms with E-state index in [2.05, 4.69) is 6.07 Å². The predicted molar refractivity (Wildman–Crippen MR) is 34.0 cm³/mol. The summed E-state index contributed by atoms with van der Waals surface area (Å²) in [5.41, 5.74) is 1.01. The van der Waals surface area contributed by atoms with Crippen molar-refractivity contribution in [1.29, 1.82) is 0 Å². The summed E-state index contributed by atoms with van der Waals surface area (Å²) in [5, 5.41) is 0. The molecule has 0 amide bonds. The fourth-order valence-electron chi connectivity index (χ4n) is 0.511. The van der Waals surface area contributed by atoms with Crippen molar-refractivity contribution in [1.82, 2.24) is 0 Å². The van der Waals surface area contributed by atoms with Gasteiger partial charge in [0.15, 0.2) is 0 Å². The normalized spacial score (nSPS) is 8.50. The van der Waals surface area contributed by atoms with Crippen LogP contribution in [0.5, 0.6) is 0 Å². The van der Waals surface area contributed by atoms with E-state index in [1.807, 2.05) is 24.3 Å². The van der Waals surface area contributed by atoms with Gasteiger partial charge in [0.2, 0.25) is 0 Å². The van der Waals surface area contributed by atoms with Crippen LogP contribution in [0.1, 0.15) is 5.56 Å². The molecule has 0 nitrogen and oxygen atoms in total. The second-order valence-electron chi connectivity index (χ2n) is 1.50. The molecule has 0 bridgehead atoms. The Balaban J connectivity index is 2.99. The van der Waals surface area contributed by atoms with Crippen molar-refractivity contribution in [2.75, 3.05) is 0 Å². The van der Waals surface area contributed by atoms with Crippen LogP contribution >= 0.6 is 0 Å². The third kappa shape index (κ3) is 0.969. The van der Waals surface area contributed by atoms with Gasteiger partial charge in [-0.15, -0.1) is 0 Å². The van der Waals surface area contributed by atoms with Gasteiger partial charge in [0, 0.05) is 0 Å². The summed E-state index contributed by atoms with van der Waals surface area (Å²) in [4.78, 5) is 0. The van der Waals surface area contributed by atoms with Crippen LogP contribution in [0.4, 0.5) is 0 Å². The first kappa shape index (κ1) is 5.10. The van der Waals surface area contributed by atoms with Crippen LogP contribution in [0.25, 0.3) is 6.08 Å². The largest absolute Gasteiger partial charge is 0.0617 e. The minimum absolute atomic E-state index is 1.01. The number of hydrogen-bond donors (Lipinski definition) is 0. The lowest BCUT2D eigenvalue weighted by Gasteiger charge is -1.84. The third-order valence-electron chi connectivity index (χ3n) is 0.924. The van der Waals surface area contributed by atoms with Gasteiger partial charge < -0.3 is 0 Å². The van der Waals surface area contributed by atoms with Crippen molar-refractivity contribution < 1.29 is 0 Å². The highest BCUT2D eigenvalue weighted by atomic mass is 13.8. The molecule has 2 radical (unpaired) electrons. The monoisotopic (exact) mass is 102 g/mol.